The SMILES string of the molecule is CC1(C)CCN(C(CN)c2ccc(Br)cc2)C1. The van der Waals surface area contributed by atoms with Crippen molar-refractivity contribution >= 4 is 15.9 Å². The van der Waals surface area contributed by atoms with Gasteiger partial charge in [0.15, 0.2) is 0 Å². The van der Waals surface area contributed by atoms with E-state index in [4.69, 9.17) is 5.73 Å². The number of nitrogens with zero attached hydrogens (tertiary/aromatic N) is 1. The number of nitrogens with two attached hydrogens (primary N) is 1. The predicted molar refractivity (Wildman–Crippen MR) is 75.9 cm³/mol. The van der Waals surface area contributed by atoms with Crippen LogP contribution in [0.5, 0.6) is 0 Å². The van der Waals surface area contributed by atoms with Gasteiger partial charge in [0.1, 0.15) is 0 Å². The summed E-state index contributed by atoms with van der Waals surface area (Å²) in [5.74, 6) is 0. The van der Waals surface area contributed by atoms with Crippen LogP contribution in [0.4, 0.5) is 0 Å². The van der Waals surface area contributed by atoms with Gasteiger partial charge >= 0.3 is 0 Å². The number of rotatable bonds is 3. The zero-order chi connectivity index (χ0) is 12.5. The lowest BCUT2D eigenvalue weighted by Crippen LogP contribution is -2.33. The van der Waals surface area contributed by atoms with E-state index in [0.29, 0.717) is 18.0 Å². The van der Waals surface area contributed by atoms with Crippen molar-refractivity contribution < 1.29 is 0 Å². The summed E-state index contributed by atoms with van der Waals surface area (Å²) in [6.45, 7) is 7.66. The van der Waals surface area contributed by atoms with Crippen LogP contribution in [-0.2, 0) is 0 Å². The number of halogens is 1. The lowest BCUT2D eigenvalue weighted by atomic mass is 9.93. The van der Waals surface area contributed by atoms with Gasteiger partial charge in [-0.1, -0.05) is 41.9 Å². The van der Waals surface area contributed by atoms with Crippen molar-refractivity contribution in [1.29, 1.82) is 0 Å². The summed E-state index contributed by atoms with van der Waals surface area (Å²) in [6, 6.07) is 8.91. The van der Waals surface area contributed by atoms with Crippen LogP contribution in [0.15, 0.2) is 28.7 Å². The standard InChI is InChI=1S/C14H21BrN2/c1-14(2)7-8-17(10-14)13(9-16)11-3-5-12(15)6-4-11/h3-6,13H,7-10,16H2,1-2H3. The van der Waals surface area contributed by atoms with Crippen LogP contribution < -0.4 is 5.73 Å². The molecule has 3 heteroatoms. The summed E-state index contributed by atoms with van der Waals surface area (Å²) in [6.07, 6.45) is 1.26. The summed E-state index contributed by atoms with van der Waals surface area (Å²) in [7, 11) is 0. The third-order valence-electron chi connectivity index (χ3n) is 3.63. The Balaban J connectivity index is 2.14. The first-order chi connectivity index (χ1) is 8.02. The maximum atomic E-state index is 5.96. The molecule has 1 fully saturated rings. The van der Waals surface area contributed by atoms with Crippen molar-refractivity contribution in [3.05, 3.63) is 34.3 Å². The second-order valence-electron chi connectivity index (χ2n) is 5.69. The van der Waals surface area contributed by atoms with E-state index in [1.165, 1.54) is 12.0 Å². The Labute approximate surface area is 112 Å². The van der Waals surface area contributed by atoms with Crippen molar-refractivity contribution in [3.63, 3.8) is 0 Å². The third kappa shape index (κ3) is 3.09. The predicted octanol–water partition coefficient (Wildman–Crippen LogP) is 3.18. The summed E-state index contributed by atoms with van der Waals surface area (Å²) in [5, 5.41) is 0. The first-order valence-electron chi connectivity index (χ1n) is 6.21. The molecule has 17 heavy (non-hydrogen) atoms. The maximum absolute atomic E-state index is 5.96. The molecule has 2 N–H and O–H groups in total. The largest absolute Gasteiger partial charge is 0.329 e. The molecule has 1 aromatic rings. The summed E-state index contributed by atoms with van der Waals surface area (Å²) < 4.78 is 1.12. The van der Waals surface area contributed by atoms with E-state index in [1.54, 1.807) is 0 Å². The Kier molecular flexibility index (Phi) is 3.91. The van der Waals surface area contributed by atoms with Crippen molar-refractivity contribution in [2.75, 3.05) is 19.6 Å². The van der Waals surface area contributed by atoms with Crippen molar-refractivity contribution in [1.82, 2.24) is 4.90 Å². The molecule has 1 atom stereocenters. The van der Waals surface area contributed by atoms with Crippen LogP contribution >= 0.6 is 15.9 Å². The molecule has 0 amide bonds. The van der Waals surface area contributed by atoms with Crippen LogP contribution in [0.25, 0.3) is 0 Å². The summed E-state index contributed by atoms with van der Waals surface area (Å²) >= 11 is 3.47. The molecule has 0 bridgehead atoms. The Morgan fingerprint density at radius 1 is 1.35 bits per heavy atom. The fourth-order valence-corrected chi connectivity index (χ4v) is 2.87. The monoisotopic (exact) mass is 296 g/mol. The van der Waals surface area contributed by atoms with Crippen molar-refractivity contribution in [2.24, 2.45) is 11.1 Å². The van der Waals surface area contributed by atoms with Crippen LogP contribution in [0, 0.1) is 5.41 Å². The number of hydrogen-bond donors (Lipinski definition) is 1. The molecule has 1 aromatic carbocycles. The average Bonchev–Trinajstić information content (AvgIpc) is 2.63. The molecule has 1 heterocycles. The van der Waals surface area contributed by atoms with Gasteiger partial charge in [0.2, 0.25) is 0 Å². The van der Waals surface area contributed by atoms with E-state index in [-0.39, 0.29) is 0 Å². The van der Waals surface area contributed by atoms with Gasteiger partial charge in [0, 0.05) is 23.6 Å². The van der Waals surface area contributed by atoms with Crippen LogP contribution in [0.3, 0.4) is 0 Å². The van der Waals surface area contributed by atoms with Gasteiger partial charge in [-0.3, -0.25) is 4.90 Å². The molecule has 1 aliphatic heterocycles. The molecule has 0 aromatic heterocycles. The quantitative estimate of drug-likeness (QED) is 0.928. The normalized spacial score (nSPS) is 21.6. The zero-order valence-electron chi connectivity index (χ0n) is 10.6. The molecule has 0 aliphatic carbocycles. The van der Waals surface area contributed by atoms with Gasteiger partial charge in [-0.2, -0.15) is 0 Å². The molecule has 2 nitrogen and oxygen atoms in total. The molecular weight excluding hydrogens is 276 g/mol. The zero-order valence-corrected chi connectivity index (χ0v) is 12.2. The second-order valence-corrected chi connectivity index (χ2v) is 6.60. The fourth-order valence-electron chi connectivity index (χ4n) is 2.60. The number of likely N-dealkylation sites (tertiary alicyclic amines) is 1. The molecular formula is C14H21BrN2. The molecule has 2 rings (SSSR count). The van der Waals surface area contributed by atoms with E-state index in [0.717, 1.165) is 17.6 Å². The van der Waals surface area contributed by atoms with E-state index >= 15 is 0 Å². The molecule has 0 saturated carbocycles. The minimum absolute atomic E-state index is 0.366. The third-order valence-corrected chi connectivity index (χ3v) is 4.15. The molecule has 0 radical (unpaired) electrons. The Morgan fingerprint density at radius 2 is 2.00 bits per heavy atom. The van der Waals surface area contributed by atoms with E-state index in [1.807, 2.05) is 0 Å². The topological polar surface area (TPSA) is 29.3 Å². The highest BCUT2D eigenvalue weighted by atomic mass is 79.9. The smallest absolute Gasteiger partial charge is 0.0470 e. The number of hydrogen-bond acceptors (Lipinski definition) is 2. The van der Waals surface area contributed by atoms with Crippen LogP contribution in [0.1, 0.15) is 31.9 Å². The molecule has 0 spiro atoms. The van der Waals surface area contributed by atoms with E-state index in [9.17, 15) is 0 Å². The highest BCUT2D eigenvalue weighted by Gasteiger charge is 2.33. The van der Waals surface area contributed by atoms with Gasteiger partial charge in [-0.15, -0.1) is 0 Å². The highest BCUT2D eigenvalue weighted by Crippen LogP contribution is 2.34. The minimum Gasteiger partial charge on any atom is -0.329 e. The maximum Gasteiger partial charge on any atom is 0.0470 e. The van der Waals surface area contributed by atoms with Gasteiger partial charge in [0.05, 0.1) is 0 Å². The molecule has 1 aliphatic rings. The van der Waals surface area contributed by atoms with Gasteiger partial charge in [-0.05, 0) is 36.1 Å². The Hall–Kier alpha value is -0.380. The van der Waals surface area contributed by atoms with E-state index < -0.39 is 0 Å². The van der Waals surface area contributed by atoms with Crippen molar-refractivity contribution in [2.45, 2.75) is 26.3 Å². The van der Waals surface area contributed by atoms with Gasteiger partial charge < -0.3 is 5.73 Å². The molecule has 94 valence electrons. The first-order valence-corrected chi connectivity index (χ1v) is 7.01. The highest BCUT2D eigenvalue weighted by molar-refractivity contribution is 9.10. The second kappa shape index (κ2) is 5.09. The lowest BCUT2D eigenvalue weighted by molar-refractivity contribution is 0.223. The summed E-state index contributed by atoms with van der Waals surface area (Å²) in [4.78, 5) is 2.52. The minimum atomic E-state index is 0.366. The molecule has 1 unspecified atom stereocenters. The van der Waals surface area contributed by atoms with Crippen LogP contribution in [0.2, 0.25) is 0 Å². The average molecular weight is 297 g/mol. The number of benzene rings is 1. The lowest BCUT2D eigenvalue weighted by Gasteiger charge is -2.28. The first kappa shape index (κ1) is 13.1. The van der Waals surface area contributed by atoms with Gasteiger partial charge in [-0.25, -0.2) is 0 Å². The van der Waals surface area contributed by atoms with Crippen LogP contribution in [-0.4, -0.2) is 24.5 Å². The van der Waals surface area contributed by atoms with E-state index in [2.05, 4.69) is 58.9 Å². The van der Waals surface area contributed by atoms with Gasteiger partial charge in [0.25, 0.3) is 0 Å². The molecule has 1 saturated heterocycles. The summed E-state index contributed by atoms with van der Waals surface area (Å²) in [5.41, 5.74) is 7.72. The fraction of sp³-hybridized carbons (Fsp3) is 0.571. The Bertz CT molecular complexity index is 372. The van der Waals surface area contributed by atoms with Crippen molar-refractivity contribution in [3.8, 4) is 0 Å². The Morgan fingerprint density at radius 3 is 2.47 bits per heavy atom.